The second-order valence-electron chi connectivity index (χ2n) is 6.46. The van der Waals surface area contributed by atoms with Gasteiger partial charge in [-0.3, -0.25) is 4.79 Å². The molecule has 21 heavy (non-hydrogen) atoms. The fraction of sp³-hybridized carbons (Fsp3) is 0.944. The highest BCUT2D eigenvalue weighted by atomic mass is 16.5. The molecule has 3 nitrogen and oxygen atoms in total. The number of rotatable bonds is 13. The zero-order valence-corrected chi connectivity index (χ0v) is 14.7. The topological polar surface area (TPSA) is 52.3 Å². The molecule has 2 N–H and O–H groups in total. The molecule has 0 aliphatic rings. The van der Waals surface area contributed by atoms with E-state index >= 15 is 0 Å². The van der Waals surface area contributed by atoms with Crippen molar-refractivity contribution in [2.24, 2.45) is 17.1 Å². The SMILES string of the molecule is CCCCCCCCCCC(CN)(C(=O)OCC)C(C)C. The summed E-state index contributed by atoms with van der Waals surface area (Å²) in [5.74, 6) is 0.122. The molecule has 1 unspecified atom stereocenters. The van der Waals surface area contributed by atoms with Gasteiger partial charge in [-0.15, -0.1) is 0 Å². The maximum atomic E-state index is 12.3. The summed E-state index contributed by atoms with van der Waals surface area (Å²) in [6.07, 6.45) is 11.1. The van der Waals surface area contributed by atoms with Crippen LogP contribution in [0.25, 0.3) is 0 Å². The Bertz CT molecular complexity index is 266. The Morgan fingerprint density at radius 1 is 1.00 bits per heavy atom. The Hall–Kier alpha value is -0.570. The third-order valence-corrected chi connectivity index (χ3v) is 4.63. The summed E-state index contributed by atoms with van der Waals surface area (Å²) in [5, 5.41) is 0. The van der Waals surface area contributed by atoms with Gasteiger partial charge in [0.15, 0.2) is 0 Å². The van der Waals surface area contributed by atoms with Crippen LogP contribution in [0.2, 0.25) is 0 Å². The van der Waals surface area contributed by atoms with Gasteiger partial charge in [0.25, 0.3) is 0 Å². The molecular weight excluding hydrogens is 262 g/mol. The standard InChI is InChI=1S/C18H37NO2/c1-5-7-8-9-10-11-12-13-14-18(15-19,16(3)4)17(20)21-6-2/h16H,5-15,19H2,1-4H3. The summed E-state index contributed by atoms with van der Waals surface area (Å²) in [4.78, 5) is 12.3. The predicted molar refractivity (Wildman–Crippen MR) is 90.2 cm³/mol. The van der Waals surface area contributed by atoms with Crippen molar-refractivity contribution in [1.29, 1.82) is 0 Å². The second kappa shape index (κ2) is 12.0. The van der Waals surface area contributed by atoms with Crippen LogP contribution in [0.5, 0.6) is 0 Å². The third kappa shape index (κ3) is 7.30. The first-order valence-electron chi connectivity index (χ1n) is 8.92. The van der Waals surface area contributed by atoms with E-state index in [4.69, 9.17) is 10.5 Å². The molecule has 0 radical (unpaired) electrons. The quantitative estimate of drug-likeness (QED) is 0.397. The van der Waals surface area contributed by atoms with Crippen molar-refractivity contribution in [3.05, 3.63) is 0 Å². The van der Waals surface area contributed by atoms with Crippen LogP contribution < -0.4 is 5.73 Å². The van der Waals surface area contributed by atoms with Crippen molar-refractivity contribution in [1.82, 2.24) is 0 Å². The monoisotopic (exact) mass is 299 g/mol. The molecule has 3 heteroatoms. The average molecular weight is 299 g/mol. The largest absolute Gasteiger partial charge is 0.466 e. The molecule has 0 rings (SSSR count). The minimum atomic E-state index is -0.488. The van der Waals surface area contributed by atoms with E-state index < -0.39 is 5.41 Å². The van der Waals surface area contributed by atoms with Crippen LogP contribution in [0.4, 0.5) is 0 Å². The summed E-state index contributed by atoms with van der Waals surface area (Å²) in [6, 6.07) is 0. The van der Waals surface area contributed by atoms with E-state index in [0.717, 1.165) is 12.8 Å². The van der Waals surface area contributed by atoms with Crippen molar-refractivity contribution in [2.75, 3.05) is 13.2 Å². The minimum absolute atomic E-state index is 0.106. The fourth-order valence-electron chi connectivity index (χ4n) is 2.90. The van der Waals surface area contributed by atoms with E-state index in [-0.39, 0.29) is 11.9 Å². The van der Waals surface area contributed by atoms with Crippen LogP contribution in [0.1, 0.15) is 85.5 Å². The van der Waals surface area contributed by atoms with Gasteiger partial charge in [-0.1, -0.05) is 72.1 Å². The number of hydrogen-bond acceptors (Lipinski definition) is 3. The molecule has 0 saturated carbocycles. The molecule has 0 bridgehead atoms. The Balaban J connectivity index is 4.11. The van der Waals surface area contributed by atoms with Gasteiger partial charge in [-0.25, -0.2) is 0 Å². The third-order valence-electron chi connectivity index (χ3n) is 4.63. The molecule has 1 atom stereocenters. The first-order chi connectivity index (χ1) is 10.0. The molecule has 0 aromatic heterocycles. The fourth-order valence-corrected chi connectivity index (χ4v) is 2.90. The predicted octanol–water partition coefficient (Wildman–Crippen LogP) is 4.68. The van der Waals surface area contributed by atoms with Gasteiger partial charge in [0.2, 0.25) is 0 Å². The van der Waals surface area contributed by atoms with Crippen LogP contribution in [0.3, 0.4) is 0 Å². The highest BCUT2D eigenvalue weighted by molar-refractivity contribution is 5.77. The first-order valence-corrected chi connectivity index (χ1v) is 8.92. The molecule has 0 aliphatic heterocycles. The highest BCUT2D eigenvalue weighted by Gasteiger charge is 2.41. The summed E-state index contributed by atoms with van der Waals surface area (Å²) in [6.45, 7) is 9.08. The van der Waals surface area contributed by atoms with Crippen LogP contribution in [-0.4, -0.2) is 19.1 Å². The van der Waals surface area contributed by atoms with E-state index in [9.17, 15) is 4.79 Å². The molecule has 0 spiro atoms. The van der Waals surface area contributed by atoms with E-state index in [0.29, 0.717) is 13.2 Å². The smallest absolute Gasteiger partial charge is 0.313 e. The molecule has 0 aliphatic carbocycles. The van der Waals surface area contributed by atoms with Gasteiger partial charge in [-0.2, -0.15) is 0 Å². The van der Waals surface area contributed by atoms with Crippen molar-refractivity contribution < 1.29 is 9.53 Å². The lowest BCUT2D eigenvalue weighted by Gasteiger charge is -2.34. The Kier molecular flexibility index (Phi) is 11.7. The van der Waals surface area contributed by atoms with Gasteiger partial charge in [0.05, 0.1) is 12.0 Å². The molecule has 0 saturated heterocycles. The number of nitrogens with two attached hydrogens (primary N) is 1. The van der Waals surface area contributed by atoms with E-state index in [1.165, 1.54) is 44.9 Å². The maximum Gasteiger partial charge on any atom is 0.313 e. The Morgan fingerprint density at radius 3 is 1.95 bits per heavy atom. The summed E-state index contributed by atoms with van der Waals surface area (Å²) in [5.41, 5.74) is 5.45. The number of esters is 1. The average Bonchev–Trinajstić information content (AvgIpc) is 2.46. The summed E-state index contributed by atoms with van der Waals surface area (Å²) >= 11 is 0. The number of hydrogen-bond donors (Lipinski definition) is 1. The van der Waals surface area contributed by atoms with E-state index in [2.05, 4.69) is 20.8 Å². The van der Waals surface area contributed by atoms with Gasteiger partial charge in [0.1, 0.15) is 0 Å². The lowest BCUT2D eigenvalue weighted by molar-refractivity contribution is -0.158. The summed E-state index contributed by atoms with van der Waals surface area (Å²) in [7, 11) is 0. The maximum absolute atomic E-state index is 12.3. The second-order valence-corrected chi connectivity index (χ2v) is 6.46. The Labute approximate surface area is 132 Å². The van der Waals surface area contributed by atoms with Crippen molar-refractivity contribution in [3.63, 3.8) is 0 Å². The molecule has 0 amide bonds. The zero-order chi connectivity index (χ0) is 16.1. The van der Waals surface area contributed by atoms with Gasteiger partial charge >= 0.3 is 5.97 Å². The van der Waals surface area contributed by atoms with Crippen LogP contribution in [-0.2, 0) is 9.53 Å². The number of unbranched alkanes of at least 4 members (excludes halogenated alkanes) is 7. The number of carbonyl (C=O) groups excluding carboxylic acids is 1. The number of carbonyl (C=O) groups is 1. The molecule has 0 aromatic carbocycles. The minimum Gasteiger partial charge on any atom is -0.466 e. The zero-order valence-electron chi connectivity index (χ0n) is 14.7. The van der Waals surface area contributed by atoms with Crippen molar-refractivity contribution in [3.8, 4) is 0 Å². The van der Waals surface area contributed by atoms with Crippen molar-refractivity contribution in [2.45, 2.75) is 85.5 Å². The van der Waals surface area contributed by atoms with E-state index in [1.807, 2.05) is 6.92 Å². The lowest BCUT2D eigenvalue weighted by atomic mass is 9.73. The first kappa shape index (κ1) is 20.4. The van der Waals surface area contributed by atoms with Gasteiger partial charge in [-0.05, 0) is 19.3 Å². The van der Waals surface area contributed by atoms with Gasteiger partial charge < -0.3 is 10.5 Å². The Morgan fingerprint density at radius 2 is 1.52 bits per heavy atom. The van der Waals surface area contributed by atoms with E-state index in [1.54, 1.807) is 0 Å². The van der Waals surface area contributed by atoms with Crippen LogP contribution >= 0.6 is 0 Å². The molecule has 0 aromatic rings. The highest BCUT2D eigenvalue weighted by Crippen LogP contribution is 2.34. The van der Waals surface area contributed by atoms with Crippen LogP contribution in [0, 0.1) is 11.3 Å². The van der Waals surface area contributed by atoms with Crippen LogP contribution in [0.15, 0.2) is 0 Å². The molecule has 0 fully saturated rings. The number of ether oxygens (including phenoxy) is 1. The molecular formula is C18H37NO2. The summed E-state index contributed by atoms with van der Waals surface area (Å²) < 4.78 is 5.26. The molecule has 126 valence electrons. The lowest BCUT2D eigenvalue weighted by Crippen LogP contribution is -2.44. The molecule has 0 heterocycles. The van der Waals surface area contributed by atoms with Crippen molar-refractivity contribution >= 4 is 5.97 Å². The van der Waals surface area contributed by atoms with Gasteiger partial charge in [0, 0.05) is 6.54 Å². The normalized spacial score (nSPS) is 14.2.